The van der Waals surface area contributed by atoms with Gasteiger partial charge < -0.3 is 5.32 Å². The maximum atomic E-state index is 11.4. The fourth-order valence-electron chi connectivity index (χ4n) is 1.20. The molecular formula is C10H10N6O3S. The van der Waals surface area contributed by atoms with E-state index in [2.05, 4.69) is 20.9 Å². The summed E-state index contributed by atoms with van der Waals surface area (Å²) in [5.41, 5.74) is 0.863. The van der Waals surface area contributed by atoms with Crippen LogP contribution in [0.5, 0.6) is 0 Å². The first-order valence-electron chi connectivity index (χ1n) is 5.43. The average Bonchev–Trinajstić information content (AvgIpc) is 2.91. The van der Waals surface area contributed by atoms with Gasteiger partial charge in [0.15, 0.2) is 0 Å². The number of nitrogens with zero attached hydrogens (tertiary/aromatic N) is 2. The van der Waals surface area contributed by atoms with E-state index < -0.39 is 17.2 Å². The Morgan fingerprint density at radius 3 is 3.05 bits per heavy atom. The molecule has 0 fully saturated rings. The molecule has 0 bridgehead atoms. The molecule has 2 aromatic rings. The Hall–Kier alpha value is -2.75. The Morgan fingerprint density at radius 2 is 2.35 bits per heavy atom. The molecule has 2 rings (SSSR count). The molecule has 0 saturated heterocycles. The lowest BCUT2D eigenvalue weighted by atomic mass is 10.5. The first kappa shape index (κ1) is 13.7. The van der Waals surface area contributed by atoms with Gasteiger partial charge in [-0.2, -0.15) is 5.10 Å². The van der Waals surface area contributed by atoms with Gasteiger partial charge in [0.1, 0.15) is 0 Å². The molecule has 2 aromatic heterocycles. The molecule has 0 unspecified atom stereocenters. The number of carbonyl (C=O) groups is 1. The molecule has 20 heavy (non-hydrogen) atoms. The number of H-pyrrole nitrogens is 2. The minimum atomic E-state index is -0.717. The van der Waals surface area contributed by atoms with E-state index in [1.54, 1.807) is 0 Å². The number of amides is 1. The average molecular weight is 294 g/mol. The molecule has 0 aliphatic rings. The third kappa shape index (κ3) is 3.88. The van der Waals surface area contributed by atoms with Gasteiger partial charge in [0.05, 0.1) is 12.8 Å². The van der Waals surface area contributed by atoms with E-state index in [4.69, 9.17) is 0 Å². The number of hydrogen-bond acceptors (Lipinski definition) is 7. The lowest BCUT2D eigenvalue weighted by molar-refractivity contribution is -0.119. The summed E-state index contributed by atoms with van der Waals surface area (Å²) in [6.45, 7) is -0.204. The molecule has 0 aliphatic heterocycles. The topological polar surface area (TPSA) is 132 Å². The molecule has 0 aromatic carbocycles. The van der Waals surface area contributed by atoms with Crippen molar-refractivity contribution in [3.05, 3.63) is 43.2 Å². The maximum absolute atomic E-state index is 11.4. The van der Waals surface area contributed by atoms with Gasteiger partial charge in [-0.3, -0.25) is 14.6 Å². The van der Waals surface area contributed by atoms with Crippen LogP contribution in [0.15, 0.2) is 32.2 Å². The highest BCUT2D eigenvalue weighted by molar-refractivity contribution is 7.11. The monoisotopic (exact) mass is 294 g/mol. The highest BCUT2D eigenvalue weighted by Gasteiger charge is 2.04. The van der Waals surface area contributed by atoms with Crippen LogP contribution < -0.4 is 22.0 Å². The number of anilines is 1. The van der Waals surface area contributed by atoms with Crippen molar-refractivity contribution in [2.24, 2.45) is 5.10 Å². The summed E-state index contributed by atoms with van der Waals surface area (Å²) in [4.78, 5) is 36.3. The molecule has 2 heterocycles. The van der Waals surface area contributed by atoms with Crippen molar-refractivity contribution < 1.29 is 4.79 Å². The molecule has 0 saturated carbocycles. The highest BCUT2D eigenvalue weighted by Crippen LogP contribution is 2.03. The van der Waals surface area contributed by atoms with Crippen molar-refractivity contribution in [3.63, 3.8) is 0 Å². The van der Waals surface area contributed by atoms with Crippen molar-refractivity contribution in [2.45, 2.75) is 0 Å². The van der Waals surface area contributed by atoms with Crippen LogP contribution in [0.2, 0.25) is 0 Å². The Morgan fingerprint density at radius 1 is 1.50 bits per heavy atom. The van der Waals surface area contributed by atoms with Crippen LogP contribution in [0.3, 0.4) is 0 Å². The van der Waals surface area contributed by atoms with E-state index in [9.17, 15) is 14.4 Å². The van der Waals surface area contributed by atoms with Gasteiger partial charge in [-0.25, -0.2) is 15.3 Å². The zero-order valence-corrected chi connectivity index (χ0v) is 10.9. The number of carbonyl (C=O) groups excluding carboxylic acids is 1. The molecule has 0 aliphatic carbocycles. The smallest absolute Gasteiger partial charge is 0.342 e. The molecule has 0 atom stereocenters. The van der Waals surface area contributed by atoms with E-state index in [-0.39, 0.29) is 12.4 Å². The van der Waals surface area contributed by atoms with E-state index in [0.717, 1.165) is 4.88 Å². The second kappa shape index (κ2) is 6.43. The second-order valence-corrected chi connectivity index (χ2v) is 4.50. The zero-order chi connectivity index (χ0) is 14.4. The summed E-state index contributed by atoms with van der Waals surface area (Å²) >= 11 is 1.48. The minimum Gasteiger partial charge on any atom is -0.355 e. The number of nitrogens with one attached hydrogen (secondary N) is 4. The third-order valence-corrected chi connectivity index (χ3v) is 2.86. The molecule has 10 heteroatoms. The molecule has 0 radical (unpaired) electrons. The van der Waals surface area contributed by atoms with Gasteiger partial charge in [-0.15, -0.1) is 16.4 Å². The molecule has 4 N–H and O–H groups in total. The van der Waals surface area contributed by atoms with Crippen molar-refractivity contribution in [3.8, 4) is 0 Å². The van der Waals surface area contributed by atoms with E-state index >= 15 is 0 Å². The first-order valence-corrected chi connectivity index (χ1v) is 6.31. The van der Waals surface area contributed by atoms with Gasteiger partial charge in [0, 0.05) is 4.88 Å². The number of rotatable bonds is 5. The molecule has 9 nitrogen and oxygen atoms in total. The van der Waals surface area contributed by atoms with E-state index in [1.165, 1.54) is 17.6 Å². The van der Waals surface area contributed by atoms with Crippen LogP contribution in [0.4, 0.5) is 5.82 Å². The Kier molecular flexibility index (Phi) is 4.39. The first-order chi connectivity index (χ1) is 9.65. The van der Waals surface area contributed by atoms with Gasteiger partial charge in [0.2, 0.25) is 5.82 Å². The Balaban J connectivity index is 1.83. The molecule has 1 amide bonds. The summed E-state index contributed by atoms with van der Waals surface area (Å²) in [6.07, 6.45) is 1.51. The van der Waals surface area contributed by atoms with Crippen LogP contribution in [-0.4, -0.2) is 33.8 Å². The summed E-state index contributed by atoms with van der Waals surface area (Å²) in [5, 5.41) is 13.6. The highest BCUT2D eigenvalue weighted by atomic mass is 32.1. The molecular weight excluding hydrogens is 284 g/mol. The number of aromatic amines is 2. The number of hydrazone groups is 1. The Labute approximate surface area is 115 Å². The van der Waals surface area contributed by atoms with E-state index in [0.29, 0.717) is 0 Å². The summed E-state index contributed by atoms with van der Waals surface area (Å²) in [5.74, 6) is -0.604. The van der Waals surface area contributed by atoms with Crippen LogP contribution in [0, 0.1) is 0 Å². The summed E-state index contributed by atoms with van der Waals surface area (Å²) in [7, 11) is 0. The fourth-order valence-corrected chi connectivity index (χ4v) is 1.79. The largest absolute Gasteiger partial charge is 0.355 e. The van der Waals surface area contributed by atoms with Gasteiger partial charge in [-0.1, -0.05) is 6.07 Å². The van der Waals surface area contributed by atoms with E-state index in [1.807, 2.05) is 27.6 Å². The van der Waals surface area contributed by atoms with Gasteiger partial charge in [0.25, 0.3) is 11.5 Å². The third-order valence-electron chi connectivity index (χ3n) is 2.05. The minimum absolute atomic E-state index is 0.151. The van der Waals surface area contributed by atoms with Gasteiger partial charge >= 0.3 is 5.69 Å². The predicted molar refractivity (Wildman–Crippen MR) is 74.0 cm³/mol. The lowest BCUT2D eigenvalue weighted by Gasteiger charge is -2.01. The van der Waals surface area contributed by atoms with Crippen molar-refractivity contribution >= 4 is 29.3 Å². The Bertz CT molecular complexity index is 717. The number of aromatic nitrogens is 3. The normalized spacial score (nSPS) is 10.6. The second-order valence-electron chi connectivity index (χ2n) is 3.52. The van der Waals surface area contributed by atoms with Crippen molar-refractivity contribution in [1.29, 1.82) is 0 Å². The molecule has 0 spiro atoms. The number of hydrogen-bond donors (Lipinski definition) is 4. The fraction of sp³-hybridized carbons (Fsp3) is 0.100. The lowest BCUT2D eigenvalue weighted by Crippen LogP contribution is -2.31. The zero-order valence-electron chi connectivity index (χ0n) is 10.0. The van der Waals surface area contributed by atoms with Crippen LogP contribution in [0.1, 0.15) is 4.88 Å². The summed E-state index contributed by atoms with van der Waals surface area (Å²) in [6, 6.07) is 3.71. The number of thiophene rings is 1. The summed E-state index contributed by atoms with van der Waals surface area (Å²) < 4.78 is 0. The van der Waals surface area contributed by atoms with Crippen LogP contribution in [-0.2, 0) is 4.79 Å². The predicted octanol–water partition coefficient (Wildman–Crippen LogP) is -0.918. The van der Waals surface area contributed by atoms with Crippen molar-refractivity contribution in [2.75, 3.05) is 11.9 Å². The standard InChI is InChI=1S/C10H10N6O3S/c17-7(14-12-4-6-2-1-3-20-6)5-11-8-9(18)13-10(19)16-15-8/h1-4H,5H2,(H,11,15)(H,14,17)(H2,13,16,18,19). The SMILES string of the molecule is O=C(CNc1n[nH]c(=O)[nH]c1=O)NN=Cc1cccs1. The van der Waals surface area contributed by atoms with Crippen molar-refractivity contribution in [1.82, 2.24) is 20.6 Å². The van der Waals surface area contributed by atoms with Gasteiger partial charge in [-0.05, 0) is 11.4 Å². The quantitative estimate of drug-likeness (QED) is 0.418. The van der Waals surface area contributed by atoms with Crippen LogP contribution in [0.25, 0.3) is 0 Å². The molecule has 104 valence electrons. The van der Waals surface area contributed by atoms with Crippen LogP contribution >= 0.6 is 11.3 Å². The maximum Gasteiger partial charge on any atom is 0.342 e.